The number of hydroxylamine groups is 1. The maximum Gasteiger partial charge on any atom is 0.130 e. The monoisotopic (exact) mass is 131 g/mol. The van der Waals surface area contributed by atoms with Crippen molar-refractivity contribution in [3.63, 3.8) is 0 Å². The summed E-state index contributed by atoms with van der Waals surface area (Å²) in [5, 5.41) is 0. The Bertz CT molecular complexity index is 66.1. The van der Waals surface area contributed by atoms with Gasteiger partial charge in [-0.1, -0.05) is 5.48 Å². The molecule has 3 nitrogen and oxygen atoms in total. The van der Waals surface area contributed by atoms with E-state index < -0.39 is 0 Å². The zero-order chi connectivity index (χ0) is 7.28. The van der Waals surface area contributed by atoms with Crippen LogP contribution in [0.3, 0.4) is 0 Å². The molecule has 0 heterocycles. The smallest absolute Gasteiger partial charge is 0.130 e. The highest BCUT2D eigenvalue weighted by Gasteiger charge is 2.02. The Labute approximate surface area is 56.9 Å². The lowest BCUT2D eigenvalue weighted by Gasteiger charge is -2.17. The first kappa shape index (κ1) is 8.88. The molecular formula is C6H15N2O. The van der Waals surface area contributed by atoms with Crippen molar-refractivity contribution in [1.82, 2.24) is 10.4 Å². The van der Waals surface area contributed by atoms with Gasteiger partial charge in [0.1, 0.15) is 6.23 Å². The van der Waals surface area contributed by atoms with Crippen molar-refractivity contribution in [2.45, 2.75) is 20.1 Å². The number of nitrogens with zero attached hydrogens (tertiary/aromatic N) is 2. The van der Waals surface area contributed by atoms with E-state index in [-0.39, 0.29) is 6.23 Å². The summed E-state index contributed by atoms with van der Waals surface area (Å²) >= 11 is 0. The second-order valence-corrected chi connectivity index (χ2v) is 2.11. The first-order valence-corrected chi connectivity index (χ1v) is 3.17. The summed E-state index contributed by atoms with van der Waals surface area (Å²) in [6, 6.07) is 0. The number of hydrogen-bond acceptors (Lipinski definition) is 2. The molecule has 0 aliphatic carbocycles. The van der Waals surface area contributed by atoms with E-state index in [0.29, 0.717) is 0 Å². The van der Waals surface area contributed by atoms with Crippen molar-refractivity contribution in [3.8, 4) is 0 Å². The van der Waals surface area contributed by atoms with E-state index in [1.165, 1.54) is 0 Å². The average molecular weight is 131 g/mol. The summed E-state index contributed by atoms with van der Waals surface area (Å²) < 4.78 is 0. The van der Waals surface area contributed by atoms with Gasteiger partial charge < -0.3 is 0 Å². The largest absolute Gasteiger partial charge is 0.283 e. The Morgan fingerprint density at radius 3 is 2.44 bits per heavy atom. The van der Waals surface area contributed by atoms with Crippen LogP contribution in [0.5, 0.6) is 0 Å². The maximum absolute atomic E-state index is 5.00. The van der Waals surface area contributed by atoms with Crippen molar-refractivity contribution in [3.05, 3.63) is 0 Å². The van der Waals surface area contributed by atoms with Crippen LogP contribution in [0.15, 0.2) is 0 Å². The van der Waals surface area contributed by atoms with Gasteiger partial charge in [0.25, 0.3) is 0 Å². The molecule has 0 N–H and O–H groups in total. The van der Waals surface area contributed by atoms with Crippen LogP contribution >= 0.6 is 0 Å². The molecule has 0 fully saturated rings. The third kappa shape index (κ3) is 4.39. The molecule has 0 aromatic rings. The number of rotatable bonds is 4. The zero-order valence-corrected chi connectivity index (χ0v) is 6.59. The molecule has 0 rings (SSSR count). The van der Waals surface area contributed by atoms with Crippen molar-refractivity contribution in [2.75, 3.05) is 20.6 Å². The van der Waals surface area contributed by atoms with Gasteiger partial charge in [-0.2, -0.15) is 0 Å². The summed E-state index contributed by atoms with van der Waals surface area (Å²) in [6.07, 6.45) is 0.0879. The minimum Gasteiger partial charge on any atom is -0.283 e. The third-order valence-corrected chi connectivity index (χ3v) is 1.08. The second-order valence-electron chi connectivity index (χ2n) is 2.11. The summed E-state index contributed by atoms with van der Waals surface area (Å²) in [5.74, 6) is 0. The van der Waals surface area contributed by atoms with Gasteiger partial charge in [0, 0.05) is 6.54 Å². The summed E-state index contributed by atoms with van der Waals surface area (Å²) in [6.45, 7) is 4.62. The lowest BCUT2D eigenvalue weighted by molar-refractivity contribution is -0.0857. The molecule has 0 saturated heterocycles. The van der Waals surface area contributed by atoms with Crippen molar-refractivity contribution in [2.24, 2.45) is 0 Å². The normalized spacial score (nSPS) is 14.3. The SMILES string of the molecule is CC[N]OC(C)N(C)C. The molecule has 55 valence electrons. The van der Waals surface area contributed by atoms with E-state index in [1.54, 1.807) is 0 Å². The lowest BCUT2D eigenvalue weighted by atomic mass is 10.6. The van der Waals surface area contributed by atoms with Crippen molar-refractivity contribution >= 4 is 0 Å². The predicted molar refractivity (Wildman–Crippen MR) is 36.9 cm³/mol. The van der Waals surface area contributed by atoms with Crippen LogP contribution in [0.2, 0.25) is 0 Å². The molecule has 0 aromatic heterocycles. The minimum atomic E-state index is 0.0879. The van der Waals surface area contributed by atoms with Crippen LogP contribution in [-0.4, -0.2) is 31.8 Å². The zero-order valence-electron chi connectivity index (χ0n) is 6.59. The quantitative estimate of drug-likeness (QED) is 0.409. The van der Waals surface area contributed by atoms with Crippen LogP contribution in [0, 0.1) is 0 Å². The first-order chi connectivity index (χ1) is 4.18. The van der Waals surface area contributed by atoms with E-state index in [4.69, 9.17) is 4.84 Å². The average Bonchev–Trinajstić information content (AvgIpc) is 1.82. The second kappa shape index (κ2) is 4.73. The highest BCUT2D eigenvalue weighted by molar-refractivity contribution is 4.40. The molecule has 1 atom stereocenters. The van der Waals surface area contributed by atoms with Crippen LogP contribution in [0.4, 0.5) is 0 Å². The molecule has 0 aromatic carbocycles. The fraction of sp³-hybridized carbons (Fsp3) is 1.00. The fourth-order valence-electron chi connectivity index (χ4n) is 0.277. The molecule has 9 heavy (non-hydrogen) atoms. The van der Waals surface area contributed by atoms with E-state index in [2.05, 4.69) is 5.48 Å². The van der Waals surface area contributed by atoms with Gasteiger partial charge in [-0.3, -0.25) is 9.74 Å². The Morgan fingerprint density at radius 2 is 2.11 bits per heavy atom. The minimum absolute atomic E-state index is 0.0879. The van der Waals surface area contributed by atoms with E-state index >= 15 is 0 Å². The molecule has 0 saturated carbocycles. The van der Waals surface area contributed by atoms with Gasteiger partial charge in [0.15, 0.2) is 0 Å². The van der Waals surface area contributed by atoms with E-state index in [9.17, 15) is 0 Å². The van der Waals surface area contributed by atoms with Crippen LogP contribution < -0.4 is 5.48 Å². The Kier molecular flexibility index (Phi) is 4.67. The van der Waals surface area contributed by atoms with Crippen molar-refractivity contribution in [1.29, 1.82) is 0 Å². The van der Waals surface area contributed by atoms with E-state index in [0.717, 1.165) is 6.54 Å². The molecule has 1 unspecified atom stereocenters. The van der Waals surface area contributed by atoms with Crippen LogP contribution in [0.1, 0.15) is 13.8 Å². The summed E-state index contributed by atoms with van der Waals surface area (Å²) in [4.78, 5) is 6.96. The fourth-order valence-corrected chi connectivity index (χ4v) is 0.277. The Hall–Kier alpha value is -0.120. The van der Waals surface area contributed by atoms with E-state index in [1.807, 2.05) is 32.8 Å². The first-order valence-electron chi connectivity index (χ1n) is 3.17. The van der Waals surface area contributed by atoms with Gasteiger partial charge >= 0.3 is 0 Å². The molecule has 0 spiro atoms. The van der Waals surface area contributed by atoms with Crippen LogP contribution in [-0.2, 0) is 4.84 Å². The molecule has 0 bridgehead atoms. The molecular weight excluding hydrogens is 116 g/mol. The molecule has 0 aliphatic heterocycles. The Balaban J connectivity index is 3.16. The highest BCUT2D eigenvalue weighted by atomic mass is 16.7. The van der Waals surface area contributed by atoms with Gasteiger partial charge in [-0.25, -0.2) is 0 Å². The lowest BCUT2D eigenvalue weighted by Crippen LogP contribution is -2.30. The molecule has 3 heteroatoms. The van der Waals surface area contributed by atoms with Crippen molar-refractivity contribution < 1.29 is 4.84 Å². The third-order valence-electron chi connectivity index (χ3n) is 1.08. The van der Waals surface area contributed by atoms with Gasteiger partial charge in [-0.15, -0.1) is 0 Å². The Morgan fingerprint density at radius 1 is 1.56 bits per heavy atom. The maximum atomic E-state index is 5.00. The molecule has 0 aliphatic rings. The summed E-state index contributed by atoms with van der Waals surface area (Å²) in [5.41, 5.74) is 3.75. The van der Waals surface area contributed by atoms with Gasteiger partial charge in [0.05, 0.1) is 0 Å². The molecule has 1 radical (unpaired) electrons. The highest BCUT2D eigenvalue weighted by Crippen LogP contribution is 1.90. The van der Waals surface area contributed by atoms with Gasteiger partial charge in [-0.05, 0) is 27.9 Å². The standard InChI is InChI=1S/C6H15N2O/c1-5-7-9-6(2)8(3)4/h6H,5H2,1-4H3. The topological polar surface area (TPSA) is 26.6 Å². The predicted octanol–water partition coefficient (Wildman–Crippen LogP) is 0.450. The van der Waals surface area contributed by atoms with Gasteiger partial charge in [0.2, 0.25) is 0 Å². The summed E-state index contributed by atoms with van der Waals surface area (Å²) in [7, 11) is 3.91. The number of hydrogen-bond donors (Lipinski definition) is 0. The van der Waals surface area contributed by atoms with Crippen LogP contribution in [0.25, 0.3) is 0 Å². The molecule has 0 amide bonds.